The molecule has 1 aromatic heterocycles. The predicted molar refractivity (Wildman–Crippen MR) is 115 cm³/mol. The summed E-state index contributed by atoms with van der Waals surface area (Å²) >= 11 is 1.29. The Hall–Kier alpha value is -2.98. The highest BCUT2D eigenvalue weighted by molar-refractivity contribution is 7.14. The number of benzene rings is 1. The maximum absolute atomic E-state index is 12.6. The summed E-state index contributed by atoms with van der Waals surface area (Å²) in [6, 6.07) is 11.3. The maximum Gasteiger partial charge on any atom is 0.262 e. The van der Waals surface area contributed by atoms with Gasteiger partial charge in [-0.1, -0.05) is 38.0 Å². The quantitative estimate of drug-likeness (QED) is 0.586. The van der Waals surface area contributed by atoms with Crippen molar-refractivity contribution < 1.29 is 9.59 Å². The zero-order valence-electron chi connectivity index (χ0n) is 16.6. The van der Waals surface area contributed by atoms with Crippen LogP contribution in [0.25, 0.3) is 6.08 Å². The Morgan fingerprint density at radius 2 is 2.00 bits per heavy atom. The summed E-state index contributed by atoms with van der Waals surface area (Å²) < 4.78 is 0. The number of thiazole rings is 1. The van der Waals surface area contributed by atoms with Gasteiger partial charge in [-0.15, -0.1) is 11.3 Å². The van der Waals surface area contributed by atoms with Crippen LogP contribution >= 0.6 is 11.3 Å². The summed E-state index contributed by atoms with van der Waals surface area (Å²) in [5.74, 6) is -0.119. The topological polar surface area (TPSA) is 86.1 Å². The summed E-state index contributed by atoms with van der Waals surface area (Å²) in [4.78, 5) is 30.7. The maximum atomic E-state index is 12.6. The Kier molecular flexibility index (Phi) is 6.78. The Balaban J connectivity index is 1.79. The summed E-state index contributed by atoms with van der Waals surface area (Å²) in [7, 11) is 0. The average Bonchev–Trinajstić information content (AvgIpc) is 3.16. The number of carbonyl (C=O) groups excluding carboxylic acids is 2. The van der Waals surface area contributed by atoms with E-state index in [0.29, 0.717) is 16.7 Å². The minimum atomic E-state index is -0.368. The van der Waals surface area contributed by atoms with Gasteiger partial charge in [0.25, 0.3) is 5.91 Å². The van der Waals surface area contributed by atoms with Gasteiger partial charge >= 0.3 is 0 Å². The molecule has 1 N–H and O–H groups in total. The normalized spacial score (nSPS) is 19.3. The molecule has 150 valence electrons. The molecule has 1 aromatic carbocycles. The van der Waals surface area contributed by atoms with E-state index in [1.54, 1.807) is 5.38 Å². The molecule has 7 heteroatoms. The molecule has 2 unspecified atom stereocenters. The molecule has 1 aliphatic rings. The van der Waals surface area contributed by atoms with Crippen LogP contribution in [0, 0.1) is 17.2 Å². The van der Waals surface area contributed by atoms with Crippen LogP contribution in [-0.2, 0) is 9.59 Å². The van der Waals surface area contributed by atoms with E-state index >= 15 is 0 Å². The number of anilines is 2. The molecule has 3 rings (SSSR count). The molecule has 0 spiro atoms. The number of hydrogen-bond donors (Lipinski definition) is 1. The van der Waals surface area contributed by atoms with Crippen molar-refractivity contribution in [2.45, 2.75) is 45.6 Å². The smallest absolute Gasteiger partial charge is 0.262 e. The zero-order chi connectivity index (χ0) is 20.8. The number of hydrogen-bond acceptors (Lipinski definition) is 5. The highest BCUT2D eigenvalue weighted by Crippen LogP contribution is 2.29. The monoisotopic (exact) mass is 408 g/mol. The Morgan fingerprint density at radius 1 is 1.28 bits per heavy atom. The molecule has 0 bridgehead atoms. The number of nitrogens with one attached hydrogen (secondary N) is 1. The summed E-state index contributed by atoms with van der Waals surface area (Å²) in [5, 5.41) is 14.7. The van der Waals surface area contributed by atoms with Crippen molar-refractivity contribution in [2.24, 2.45) is 5.92 Å². The Labute approximate surface area is 174 Å². The standard InChI is InChI=1S/C22H24N4O2S/c1-15-8-6-7-11-20(15)25-21(28)17(13-23)12-18-14-29-22(24-18)26(16(2)27)19-9-4-3-5-10-19/h3-5,9-10,12,14-15,20H,6-8,11H2,1-2H3,(H,25,28)/b17-12+. The first-order valence-electron chi connectivity index (χ1n) is 9.73. The molecule has 0 radical (unpaired) electrons. The van der Waals surface area contributed by atoms with Crippen molar-refractivity contribution in [3.8, 4) is 6.07 Å². The minimum absolute atomic E-state index is 0.0220. The fourth-order valence-corrected chi connectivity index (χ4v) is 4.37. The Morgan fingerprint density at radius 3 is 2.66 bits per heavy atom. The first-order chi connectivity index (χ1) is 14.0. The van der Waals surface area contributed by atoms with Crippen LogP contribution in [0.2, 0.25) is 0 Å². The summed E-state index contributed by atoms with van der Waals surface area (Å²) in [5.41, 5.74) is 1.22. The van der Waals surface area contributed by atoms with Crippen molar-refractivity contribution in [1.29, 1.82) is 5.26 Å². The molecule has 1 aliphatic carbocycles. The lowest BCUT2D eigenvalue weighted by molar-refractivity contribution is -0.118. The lowest BCUT2D eigenvalue weighted by atomic mass is 9.86. The van der Waals surface area contributed by atoms with Crippen molar-refractivity contribution in [3.05, 3.63) is 47.0 Å². The highest BCUT2D eigenvalue weighted by atomic mass is 32.1. The third kappa shape index (κ3) is 5.09. The van der Waals surface area contributed by atoms with Gasteiger partial charge in [0, 0.05) is 18.3 Å². The van der Waals surface area contributed by atoms with Gasteiger partial charge in [0.05, 0.1) is 11.4 Å². The first-order valence-corrected chi connectivity index (χ1v) is 10.6. The molecule has 29 heavy (non-hydrogen) atoms. The van der Waals surface area contributed by atoms with Crippen molar-refractivity contribution in [2.75, 3.05) is 4.90 Å². The molecule has 0 aliphatic heterocycles. The van der Waals surface area contributed by atoms with Gasteiger partial charge in [-0.05, 0) is 37.0 Å². The second-order valence-electron chi connectivity index (χ2n) is 7.26. The van der Waals surface area contributed by atoms with E-state index in [-0.39, 0.29) is 23.4 Å². The minimum Gasteiger partial charge on any atom is -0.348 e. The van der Waals surface area contributed by atoms with Crippen LogP contribution in [0.1, 0.15) is 45.2 Å². The van der Waals surface area contributed by atoms with Crippen LogP contribution in [0.15, 0.2) is 41.3 Å². The van der Waals surface area contributed by atoms with E-state index in [1.807, 2.05) is 36.4 Å². The van der Waals surface area contributed by atoms with Crippen LogP contribution < -0.4 is 10.2 Å². The number of nitriles is 1. The van der Waals surface area contributed by atoms with Crippen LogP contribution in [0.5, 0.6) is 0 Å². The van der Waals surface area contributed by atoms with Gasteiger partial charge in [0.15, 0.2) is 5.13 Å². The summed E-state index contributed by atoms with van der Waals surface area (Å²) in [6.45, 7) is 3.61. The van der Waals surface area contributed by atoms with Crippen LogP contribution in [0.4, 0.5) is 10.8 Å². The van der Waals surface area contributed by atoms with E-state index in [9.17, 15) is 14.9 Å². The highest BCUT2D eigenvalue weighted by Gasteiger charge is 2.24. The fraction of sp³-hybridized carbons (Fsp3) is 0.364. The number of amides is 2. The molecule has 0 saturated heterocycles. The number of aromatic nitrogens is 1. The lowest BCUT2D eigenvalue weighted by Gasteiger charge is -2.29. The van der Waals surface area contributed by atoms with Crippen LogP contribution in [0.3, 0.4) is 0 Å². The van der Waals surface area contributed by atoms with Crippen LogP contribution in [-0.4, -0.2) is 22.8 Å². The van der Waals surface area contributed by atoms with Crippen molar-refractivity contribution in [1.82, 2.24) is 10.3 Å². The second-order valence-corrected chi connectivity index (χ2v) is 8.09. The number of para-hydroxylation sites is 1. The molecular weight excluding hydrogens is 384 g/mol. The number of rotatable bonds is 5. The fourth-order valence-electron chi connectivity index (χ4n) is 3.52. The lowest BCUT2D eigenvalue weighted by Crippen LogP contribution is -2.41. The molecule has 1 heterocycles. The molecular formula is C22H24N4O2S. The van der Waals surface area contributed by atoms with Gasteiger partial charge < -0.3 is 5.32 Å². The molecule has 1 fully saturated rings. The Bertz CT molecular complexity index is 945. The second kappa shape index (κ2) is 9.48. The van der Waals surface area contributed by atoms with E-state index in [0.717, 1.165) is 24.9 Å². The first kappa shape index (κ1) is 20.7. The molecule has 1 saturated carbocycles. The largest absolute Gasteiger partial charge is 0.348 e. The van der Waals surface area contributed by atoms with Crippen molar-refractivity contribution in [3.63, 3.8) is 0 Å². The van der Waals surface area contributed by atoms with E-state index < -0.39 is 0 Å². The van der Waals surface area contributed by atoms with Gasteiger partial charge in [0.2, 0.25) is 5.91 Å². The SMILES string of the molecule is CC(=O)N(c1ccccc1)c1nc(/C=C(\C#N)C(=O)NC2CCCCC2C)cs1. The molecule has 2 atom stereocenters. The van der Waals surface area contributed by atoms with Gasteiger partial charge in [-0.25, -0.2) is 4.98 Å². The molecule has 2 aromatic rings. The molecule has 2 amide bonds. The summed E-state index contributed by atoms with van der Waals surface area (Å²) in [6.07, 6.45) is 5.79. The third-order valence-electron chi connectivity index (χ3n) is 5.12. The molecule has 6 nitrogen and oxygen atoms in total. The third-order valence-corrected chi connectivity index (χ3v) is 5.96. The van der Waals surface area contributed by atoms with E-state index in [2.05, 4.69) is 17.2 Å². The van der Waals surface area contributed by atoms with Gasteiger partial charge in [-0.3, -0.25) is 14.5 Å². The number of nitrogens with zero attached hydrogens (tertiary/aromatic N) is 3. The van der Waals surface area contributed by atoms with Gasteiger partial charge in [-0.2, -0.15) is 5.26 Å². The van der Waals surface area contributed by atoms with E-state index in [1.165, 1.54) is 35.7 Å². The van der Waals surface area contributed by atoms with Gasteiger partial charge in [0.1, 0.15) is 11.6 Å². The van der Waals surface area contributed by atoms with E-state index in [4.69, 9.17) is 0 Å². The number of carbonyl (C=O) groups is 2. The average molecular weight is 409 g/mol. The zero-order valence-corrected chi connectivity index (χ0v) is 17.4. The van der Waals surface area contributed by atoms with Crippen molar-refractivity contribution >= 4 is 40.0 Å². The predicted octanol–water partition coefficient (Wildman–Crippen LogP) is 4.43.